The third kappa shape index (κ3) is 4.35. The average molecular weight is 504 g/mol. The number of carbonyl (C=O) groups excluding carboxylic acids is 1. The predicted octanol–water partition coefficient (Wildman–Crippen LogP) is 0.435. The van der Waals surface area contributed by atoms with Crippen LogP contribution in [-0.2, 0) is 17.8 Å². The van der Waals surface area contributed by atoms with E-state index in [1.54, 1.807) is 36.7 Å². The zero-order valence-corrected chi connectivity index (χ0v) is 20.2. The van der Waals surface area contributed by atoms with E-state index in [-0.39, 0.29) is 40.9 Å². The van der Waals surface area contributed by atoms with Crippen LogP contribution in [0.25, 0.3) is 0 Å². The molecule has 6 rings (SSSR count). The van der Waals surface area contributed by atoms with Crippen molar-refractivity contribution in [1.29, 1.82) is 0 Å². The molecule has 0 saturated carbocycles. The summed E-state index contributed by atoms with van der Waals surface area (Å²) in [6, 6.07) is 12.3. The summed E-state index contributed by atoms with van der Waals surface area (Å²) in [5.41, 5.74) is 3.11. The minimum atomic E-state index is -0.982. The summed E-state index contributed by atoms with van der Waals surface area (Å²) in [7, 11) is 0. The highest BCUT2D eigenvalue weighted by Crippen LogP contribution is 2.47. The summed E-state index contributed by atoms with van der Waals surface area (Å²) < 4.78 is 1.87. The molecule has 0 aliphatic carbocycles. The van der Waals surface area contributed by atoms with Gasteiger partial charge < -0.3 is 25.3 Å². The molecule has 2 aromatic heterocycles. The number of benzene rings is 1. The smallest absolute Gasteiger partial charge is 0.250 e. The molecule has 37 heavy (non-hydrogen) atoms. The summed E-state index contributed by atoms with van der Waals surface area (Å²) in [5, 5.41) is 26.4. The van der Waals surface area contributed by atoms with Crippen molar-refractivity contribution in [3.8, 4) is 0 Å². The lowest BCUT2D eigenvalue weighted by atomic mass is 9.70. The lowest BCUT2D eigenvalue weighted by molar-refractivity contribution is -0.991. The first-order valence-corrected chi connectivity index (χ1v) is 12.6. The molecular weight excluding hydrogens is 474 g/mol. The average Bonchev–Trinajstić information content (AvgIpc) is 2.91. The molecule has 3 aliphatic rings. The second-order valence-electron chi connectivity index (χ2n) is 9.98. The van der Waals surface area contributed by atoms with Gasteiger partial charge in [0.25, 0.3) is 5.56 Å². The van der Waals surface area contributed by atoms with Crippen molar-refractivity contribution in [3.05, 3.63) is 81.7 Å². The number of carbonyl (C=O) groups is 1. The lowest BCUT2D eigenvalue weighted by Crippen LogP contribution is -2.99. The zero-order chi connectivity index (χ0) is 25.5. The Hall–Kier alpha value is -3.80. The van der Waals surface area contributed by atoms with Gasteiger partial charge in [0, 0.05) is 80.1 Å². The maximum Gasteiger partial charge on any atom is 0.250 e. The highest BCUT2D eigenvalue weighted by molar-refractivity contribution is 5.82. The Bertz CT molecular complexity index is 1360. The molecule has 5 heterocycles. The highest BCUT2D eigenvalue weighted by atomic mass is 16.8. The summed E-state index contributed by atoms with van der Waals surface area (Å²) in [4.78, 5) is 36.8. The third-order valence-electron chi connectivity index (χ3n) is 7.86. The van der Waals surface area contributed by atoms with Crippen LogP contribution >= 0.6 is 0 Å². The molecule has 5 atom stereocenters. The molecule has 1 aromatic carbocycles. The third-order valence-corrected chi connectivity index (χ3v) is 7.86. The molecule has 0 radical (unpaired) electrons. The fourth-order valence-electron chi connectivity index (χ4n) is 6.37. The van der Waals surface area contributed by atoms with Crippen molar-refractivity contribution < 1.29 is 15.2 Å². The van der Waals surface area contributed by atoms with Gasteiger partial charge in [0.2, 0.25) is 11.9 Å². The molecule has 5 unspecified atom stereocenters. The minimum absolute atomic E-state index is 0.00170. The van der Waals surface area contributed by atoms with Crippen molar-refractivity contribution in [2.24, 2.45) is 11.8 Å². The lowest BCUT2D eigenvalue weighted by Gasteiger charge is -2.54. The van der Waals surface area contributed by atoms with E-state index < -0.39 is 5.23 Å². The normalized spacial score (nSPS) is 24.3. The van der Waals surface area contributed by atoms with Crippen molar-refractivity contribution in [2.75, 3.05) is 29.9 Å². The van der Waals surface area contributed by atoms with E-state index in [2.05, 4.69) is 25.5 Å². The number of hydrogen-bond donors (Lipinski definition) is 4. The van der Waals surface area contributed by atoms with Gasteiger partial charge in [-0.1, -0.05) is 6.07 Å². The van der Waals surface area contributed by atoms with Gasteiger partial charge >= 0.3 is 0 Å². The number of quaternary nitrogens is 1. The number of amides is 1. The molecule has 3 aliphatic heterocycles. The Morgan fingerprint density at radius 3 is 2.78 bits per heavy atom. The molecule has 1 saturated heterocycles. The van der Waals surface area contributed by atoms with E-state index in [0.29, 0.717) is 38.5 Å². The molecule has 0 spiro atoms. The molecule has 4 N–H and O–H groups in total. The van der Waals surface area contributed by atoms with Crippen LogP contribution in [0.4, 0.5) is 17.3 Å². The number of nitrogens with one attached hydrogen (secondary N) is 3. The van der Waals surface area contributed by atoms with E-state index in [4.69, 9.17) is 0 Å². The first-order chi connectivity index (χ1) is 18.0. The zero-order valence-electron chi connectivity index (χ0n) is 20.2. The first-order valence-electron chi connectivity index (χ1n) is 12.6. The number of hydrogen-bond acceptors (Lipinski definition) is 8. The largest absolute Gasteiger partial charge is 0.595 e. The minimum Gasteiger partial charge on any atom is -0.595 e. The van der Waals surface area contributed by atoms with Crippen molar-refractivity contribution in [2.45, 2.75) is 31.3 Å². The Labute approximate surface area is 213 Å². The SMILES string of the molecule is O=C(NCCNc1ncccn1)C1Cc2cc([NH+]([O-])O)ccc2N2CC3CC(Cn4c3cccc4=O)C12. The molecule has 2 bridgehead atoms. The van der Waals surface area contributed by atoms with Crippen LogP contribution < -0.4 is 26.3 Å². The molecule has 1 amide bonds. The summed E-state index contributed by atoms with van der Waals surface area (Å²) >= 11 is 0. The van der Waals surface area contributed by atoms with Crippen LogP contribution in [-0.4, -0.2) is 51.3 Å². The molecule has 3 aromatic rings. The fraction of sp³-hybridized carbons (Fsp3) is 0.385. The van der Waals surface area contributed by atoms with Gasteiger partial charge in [-0.3, -0.25) is 9.59 Å². The molecule has 11 nitrogen and oxygen atoms in total. The molecular formula is C26H29N7O4. The molecule has 11 heteroatoms. The maximum atomic E-state index is 13.6. The number of anilines is 2. The van der Waals surface area contributed by atoms with Gasteiger partial charge in [0.1, 0.15) is 0 Å². The number of piperidine rings is 1. The van der Waals surface area contributed by atoms with Crippen LogP contribution in [0.1, 0.15) is 23.6 Å². The van der Waals surface area contributed by atoms with E-state index in [1.807, 2.05) is 22.8 Å². The fourth-order valence-corrected chi connectivity index (χ4v) is 6.37. The van der Waals surface area contributed by atoms with Gasteiger partial charge in [-0.05, 0) is 42.5 Å². The number of nitrogens with zero attached hydrogens (tertiary/aromatic N) is 4. The second-order valence-corrected chi connectivity index (χ2v) is 9.98. The number of rotatable bonds is 6. The standard InChI is InChI=1S/C26H29N7O4/c34-23-4-1-3-21-17-11-18(15-31(21)23)24-20(25(35)27-9-10-30-26-28-7-2-8-29-26)13-16-12-19(33(36)37)5-6-22(16)32(24)14-17/h1-8,12,17-18,20,24,33,36H,9-11,13-15H2,(H,27,35)(H,28,29,30). The van der Waals surface area contributed by atoms with Crippen LogP contribution in [0.15, 0.2) is 59.7 Å². The Balaban J connectivity index is 1.28. The van der Waals surface area contributed by atoms with Crippen molar-refractivity contribution in [1.82, 2.24) is 19.9 Å². The summed E-state index contributed by atoms with van der Waals surface area (Å²) in [5.74, 6) is 0.372. The van der Waals surface area contributed by atoms with Gasteiger partial charge in [-0.15, -0.1) is 0 Å². The highest BCUT2D eigenvalue weighted by Gasteiger charge is 2.49. The second kappa shape index (κ2) is 9.58. The van der Waals surface area contributed by atoms with E-state index in [0.717, 1.165) is 23.4 Å². The van der Waals surface area contributed by atoms with Crippen LogP contribution in [0.2, 0.25) is 0 Å². The number of fused-ring (bicyclic) bond motifs is 8. The number of aromatic nitrogens is 3. The van der Waals surface area contributed by atoms with Crippen molar-refractivity contribution >= 4 is 23.2 Å². The Morgan fingerprint density at radius 2 is 1.97 bits per heavy atom. The Kier molecular flexibility index (Phi) is 6.11. The van der Waals surface area contributed by atoms with Crippen molar-refractivity contribution in [3.63, 3.8) is 0 Å². The molecule has 192 valence electrons. The summed E-state index contributed by atoms with van der Waals surface area (Å²) in [6.07, 6.45) is 4.68. The van der Waals surface area contributed by atoms with Gasteiger partial charge in [0.15, 0.2) is 5.69 Å². The first kappa shape index (κ1) is 23.6. The quantitative estimate of drug-likeness (QED) is 0.281. The van der Waals surface area contributed by atoms with E-state index in [9.17, 15) is 20.0 Å². The van der Waals surface area contributed by atoms with Crippen LogP contribution in [0.3, 0.4) is 0 Å². The topological polar surface area (TPSA) is 140 Å². The molecule has 1 fully saturated rings. The van der Waals surface area contributed by atoms with Gasteiger partial charge in [0.05, 0.1) is 5.92 Å². The van der Waals surface area contributed by atoms with E-state index in [1.165, 1.54) is 0 Å². The Morgan fingerprint density at radius 1 is 1.14 bits per heavy atom. The van der Waals surface area contributed by atoms with Gasteiger partial charge in [-0.2, -0.15) is 5.23 Å². The maximum absolute atomic E-state index is 13.6. The monoisotopic (exact) mass is 503 g/mol. The van der Waals surface area contributed by atoms with Crippen LogP contribution in [0, 0.1) is 17.0 Å². The van der Waals surface area contributed by atoms with Gasteiger partial charge in [-0.25, -0.2) is 15.2 Å². The predicted molar refractivity (Wildman–Crippen MR) is 136 cm³/mol. The number of pyridine rings is 1. The summed E-state index contributed by atoms with van der Waals surface area (Å²) in [6.45, 7) is 2.13. The van der Waals surface area contributed by atoms with Crippen LogP contribution in [0.5, 0.6) is 0 Å². The van der Waals surface area contributed by atoms with E-state index >= 15 is 0 Å².